The van der Waals surface area contributed by atoms with Gasteiger partial charge in [0.25, 0.3) is 5.91 Å². The third kappa shape index (κ3) is 3.08. The Hall–Kier alpha value is -2.08. The van der Waals surface area contributed by atoms with Crippen LogP contribution >= 0.6 is 0 Å². The molecule has 1 aliphatic rings. The molecule has 5 nitrogen and oxygen atoms in total. The minimum absolute atomic E-state index is 0.0506. The molecule has 0 spiro atoms. The highest BCUT2D eigenvalue weighted by atomic mass is 19.1. The summed E-state index contributed by atoms with van der Waals surface area (Å²) in [6, 6.07) is 5.93. The van der Waals surface area contributed by atoms with Gasteiger partial charge in [-0.05, 0) is 6.07 Å². The number of hydrogen-bond donors (Lipinski definition) is 2. The number of nitrogens with zero attached hydrogens (tertiary/aromatic N) is 1. The van der Waals surface area contributed by atoms with Gasteiger partial charge in [0.15, 0.2) is 0 Å². The van der Waals surface area contributed by atoms with Crippen molar-refractivity contribution in [1.29, 1.82) is 0 Å². The molecule has 106 valence electrons. The largest absolute Gasteiger partial charge is 0.312 e. The maximum Gasteiger partial charge on any atom is 0.264 e. The number of carbonyl (C=O) groups excluding carboxylic acids is 2. The fourth-order valence-electron chi connectivity index (χ4n) is 1.92. The van der Waals surface area contributed by atoms with Crippen LogP contribution in [0.2, 0.25) is 0 Å². The topological polar surface area (TPSA) is 70.6 Å². The lowest BCUT2D eigenvalue weighted by Gasteiger charge is -2.21. The zero-order chi connectivity index (χ0) is 14.7. The van der Waals surface area contributed by atoms with Crippen LogP contribution in [-0.4, -0.2) is 30.2 Å². The van der Waals surface area contributed by atoms with Gasteiger partial charge < -0.3 is 10.6 Å². The third-order valence-electron chi connectivity index (χ3n) is 2.92. The predicted molar refractivity (Wildman–Crippen MR) is 72.9 cm³/mol. The fourth-order valence-corrected chi connectivity index (χ4v) is 1.92. The first kappa shape index (κ1) is 14.3. The van der Waals surface area contributed by atoms with Gasteiger partial charge in [-0.15, -0.1) is 0 Å². The van der Waals surface area contributed by atoms with E-state index < -0.39 is 23.5 Å². The van der Waals surface area contributed by atoms with Gasteiger partial charge in [-0.25, -0.2) is 4.39 Å². The van der Waals surface area contributed by atoms with Crippen molar-refractivity contribution < 1.29 is 14.0 Å². The average molecular weight is 277 g/mol. The number of amides is 2. The molecule has 2 rings (SSSR count). The van der Waals surface area contributed by atoms with E-state index in [1.165, 1.54) is 18.2 Å². The second-order valence-electron chi connectivity index (χ2n) is 4.88. The molecule has 1 aromatic carbocycles. The number of hydrogen-bond acceptors (Lipinski definition) is 3. The van der Waals surface area contributed by atoms with E-state index in [1.54, 1.807) is 6.07 Å². The van der Waals surface area contributed by atoms with Crippen LogP contribution < -0.4 is 10.6 Å². The van der Waals surface area contributed by atoms with Crippen LogP contribution in [-0.2, 0) is 9.59 Å². The van der Waals surface area contributed by atoms with Crippen LogP contribution in [0, 0.1) is 5.82 Å². The highest BCUT2D eigenvalue weighted by Crippen LogP contribution is 2.22. The van der Waals surface area contributed by atoms with Crippen molar-refractivity contribution in [2.24, 2.45) is 4.99 Å². The summed E-state index contributed by atoms with van der Waals surface area (Å²) in [5.74, 6) is -2.71. The monoisotopic (exact) mass is 277 g/mol. The molecule has 6 heteroatoms. The van der Waals surface area contributed by atoms with E-state index in [0.29, 0.717) is 6.54 Å². The summed E-state index contributed by atoms with van der Waals surface area (Å²) < 4.78 is 13.7. The molecular formula is C14H16FN3O2. The molecule has 0 aromatic heterocycles. The SMILES string of the molecule is CC(C)NCC1=NC(=O)C(c2ccccc2F)C(=O)N1. The van der Waals surface area contributed by atoms with Gasteiger partial charge in [0.2, 0.25) is 5.91 Å². The predicted octanol–water partition coefficient (Wildman–Crippen LogP) is 0.962. The Morgan fingerprint density at radius 1 is 1.35 bits per heavy atom. The molecule has 1 aromatic rings. The summed E-state index contributed by atoms with van der Waals surface area (Å²) in [6.07, 6.45) is 0. The Morgan fingerprint density at radius 3 is 2.65 bits per heavy atom. The van der Waals surface area contributed by atoms with E-state index in [-0.39, 0.29) is 17.4 Å². The molecule has 2 N–H and O–H groups in total. The molecular weight excluding hydrogens is 261 g/mol. The van der Waals surface area contributed by atoms with E-state index in [4.69, 9.17) is 0 Å². The van der Waals surface area contributed by atoms with Crippen LogP contribution in [0.3, 0.4) is 0 Å². The number of aliphatic imine (C=N–C) groups is 1. The van der Waals surface area contributed by atoms with E-state index in [9.17, 15) is 14.0 Å². The third-order valence-corrected chi connectivity index (χ3v) is 2.92. The highest BCUT2D eigenvalue weighted by molar-refractivity contribution is 6.19. The average Bonchev–Trinajstić information content (AvgIpc) is 2.38. The van der Waals surface area contributed by atoms with Crippen molar-refractivity contribution >= 4 is 17.6 Å². The zero-order valence-corrected chi connectivity index (χ0v) is 11.3. The Morgan fingerprint density at radius 2 is 2.05 bits per heavy atom. The fraction of sp³-hybridized carbons (Fsp3) is 0.357. The number of rotatable bonds is 4. The first-order valence-electron chi connectivity index (χ1n) is 6.39. The summed E-state index contributed by atoms with van der Waals surface area (Å²) in [4.78, 5) is 27.8. The van der Waals surface area contributed by atoms with Crippen LogP contribution in [0.1, 0.15) is 25.3 Å². The minimum Gasteiger partial charge on any atom is -0.312 e. The lowest BCUT2D eigenvalue weighted by atomic mass is 9.95. The Balaban J connectivity index is 2.21. The summed E-state index contributed by atoms with van der Waals surface area (Å²) in [5, 5.41) is 5.59. The molecule has 0 fully saturated rings. The van der Waals surface area contributed by atoms with Crippen molar-refractivity contribution in [1.82, 2.24) is 10.6 Å². The lowest BCUT2D eigenvalue weighted by Crippen LogP contribution is -2.47. The number of carbonyl (C=O) groups is 2. The van der Waals surface area contributed by atoms with Gasteiger partial charge in [0.05, 0.1) is 6.54 Å². The molecule has 1 atom stereocenters. The van der Waals surface area contributed by atoms with Crippen LogP contribution in [0.25, 0.3) is 0 Å². The smallest absolute Gasteiger partial charge is 0.264 e. The van der Waals surface area contributed by atoms with Crippen molar-refractivity contribution in [3.8, 4) is 0 Å². The zero-order valence-electron chi connectivity index (χ0n) is 11.3. The normalized spacial score (nSPS) is 19.0. The number of halogens is 1. The standard InChI is InChI=1S/C14H16FN3O2/c1-8(2)16-7-11-17-13(19)12(14(20)18-11)9-5-3-4-6-10(9)15/h3-6,8,12,16H,7H2,1-2H3,(H,17,18,19,20). The van der Waals surface area contributed by atoms with Crippen molar-refractivity contribution in [2.75, 3.05) is 6.54 Å². The Kier molecular flexibility index (Phi) is 4.24. The van der Waals surface area contributed by atoms with E-state index in [2.05, 4.69) is 15.6 Å². The Bertz CT molecular complexity index is 569. The molecule has 0 aliphatic carbocycles. The van der Waals surface area contributed by atoms with Gasteiger partial charge in [-0.2, -0.15) is 4.99 Å². The van der Waals surface area contributed by atoms with Gasteiger partial charge in [0.1, 0.15) is 17.6 Å². The summed E-state index contributed by atoms with van der Waals surface area (Å²) in [5.41, 5.74) is 0.0506. The summed E-state index contributed by atoms with van der Waals surface area (Å²) in [6.45, 7) is 4.17. The van der Waals surface area contributed by atoms with E-state index in [1.807, 2.05) is 13.8 Å². The quantitative estimate of drug-likeness (QED) is 0.805. The van der Waals surface area contributed by atoms with Gasteiger partial charge in [-0.3, -0.25) is 9.59 Å². The summed E-state index contributed by atoms with van der Waals surface area (Å²) in [7, 11) is 0. The minimum atomic E-state index is -1.21. The molecule has 0 bridgehead atoms. The lowest BCUT2D eigenvalue weighted by molar-refractivity contribution is -0.130. The summed E-state index contributed by atoms with van der Waals surface area (Å²) >= 11 is 0. The Labute approximate surface area is 116 Å². The van der Waals surface area contributed by atoms with Crippen molar-refractivity contribution in [2.45, 2.75) is 25.8 Å². The molecule has 0 saturated heterocycles. The second kappa shape index (κ2) is 5.92. The molecule has 0 radical (unpaired) electrons. The second-order valence-corrected chi connectivity index (χ2v) is 4.88. The molecule has 1 unspecified atom stereocenters. The van der Waals surface area contributed by atoms with E-state index >= 15 is 0 Å². The van der Waals surface area contributed by atoms with Crippen LogP contribution in [0.15, 0.2) is 29.3 Å². The van der Waals surface area contributed by atoms with Gasteiger partial charge in [-0.1, -0.05) is 32.0 Å². The molecule has 20 heavy (non-hydrogen) atoms. The molecule has 1 heterocycles. The maximum atomic E-state index is 13.7. The first-order valence-corrected chi connectivity index (χ1v) is 6.39. The first-order chi connectivity index (χ1) is 9.49. The highest BCUT2D eigenvalue weighted by Gasteiger charge is 2.34. The maximum absolute atomic E-state index is 13.7. The number of benzene rings is 1. The molecule has 0 saturated carbocycles. The van der Waals surface area contributed by atoms with Crippen molar-refractivity contribution in [3.63, 3.8) is 0 Å². The molecule has 1 aliphatic heterocycles. The number of nitrogens with one attached hydrogen (secondary N) is 2. The molecule has 2 amide bonds. The van der Waals surface area contributed by atoms with Crippen LogP contribution in [0.4, 0.5) is 4.39 Å². The number of amidine groups is 1. The van der Waals surface area contributed by atoms with Crippen molar-refractivity contribution in [3.05, 3.63) is 35.6 Å². The van der Waals surface area contributed by atoms with E-state index in [0.717, 1.165) is 0 Å². The van der Waals surface area contributed by atoms with Gasteiger partial charge in [0, 0.05) is 11.6 Å². The van der Waals surface area contributed by atoms with Gasteiger partial charge >= 0.3 is 0 Å². The van der Waals surface area contributed by atoms with Crippen LogP contribution in [0.5, 0.6) is 0 Å².